The second-order valence-electron chi connectivity index (χ2n) is 5.24. The molecule has 1 aromatic rings. The Morgan fingerprint density at radius 3 is 2.36 bits per heavy atom. The van der Waals surface area contributed by atoms with Gasteiger partial charge in [0.1, 0.15) is 11.5 Å². The van der Waals surface area contributed by atoms with Gasteiger partial charge in [0.15, 0.2) is 6.10 Å². The van der Waals surface area contributed by atoms with Crippen molar-refractivity contribution in [1.29, 1.82) is 0 Å². The Hall–Kier alpha value is -2.24. The molecule has 1 aromatic carbocycles. The van der Waals surface area contributed by atoms with Crippen molar-refractivity contribution in [2.45, 2.75) is 25.9 Å². The first-order valence-electron chi connectivity index (χ1n) is 7.46. The summed E-state index contributed by atoms with van der Waals surface area (Å²) >= 11 is 0. The smallest absolute Gasteiger partial charge is 0.261 e. The van der Waals surface area contributed by atoms with Crippen molar-refractivity contribution >= 4 is 11.8 Å². The van der Waals surface area contributed by atoms with Crippen LogP contribution in [0.5, 0.6) is 11.5 Å². The van der Waals surface area contributed by atoms with E-state index in [9.17, 15) is 9.59 Å². The van der Waals surface area contributed by atoms with Crippen molar-refractivity contribution in [3.63, 3.8) is 0 Å². The first-order valence-corrected chi connectivity index (χ1v) is 7.46. The molecule has 0 bridgehead atoms. The summed E-state index contributed by atoms with van der Waals surface area (Å²) in [7, 11) is 1.59. The lowest BCUT2D eigenvalue weighted by atomic mass is 10.3. The topological polar surface area (TPSA) is 67.9 Å². The summed E-state index contributed by atoms with van der Waals surface area (Å²) in [5.74, 6) is 0.959. The monoisotopic (exact) mass is 306 g/mol. The van der Waals surface area contributed by atoms with Crippen LogP contribution in [0.2, 0.25) is 0 Å². The summed E-state index contributed by atoms with van der Waals surface area (Å²) in [4.78, 5) is 25.6. The van der Waals surface area contributed by atoms with Gasteiger partial charge in [0.2, 0.25) is 5.91 Å². The lowest BCUT2D eigenvalue weighted by Gasteiger charge is -2.18. The van der Waals surface area contributed by atoms with Gasteiger partial charge >= 0.3 is 0 Å². The highest BCUT2D eigenvalue weighted by atomic mass is 16.5. The van der Waals surface area contributed by atoms with E-state index in [1.54, 1.807) is 43.2 Å². The predicted octanol–water partition coefficient (Wildman–Crippen LogP) is 1.20. The fraction of sp³-hybridized carbons (Fsp3) is 0.500. The summed E-state index contributed by atoms with van der Waals surface area (Å²) in [6.07, 6.45) is 1.41. The number of ether oxygens (including phenoxy) is 2. The summed E-state index contributed by atoms with van der Waals surface area (Å²) < 4.78 is 10.6. The number of methoxy groups -OCH3 is 1. The number of nitrogens with zero attached hydrogens (tertiary/aromatic N) is 1. The van der Waals surface area contributed by atoms with E-state index in [4.69, 9.17) is 9.47 Å². The molecule has 0 radical (unpaired) electrons. The van der Waals surface area contributed by atoms with Gasteiger partial charge in [-0.3, -0.25) is 9.59 Å². The molecule has 2 amide bonds. The molecule has 1 fully saturated rings. The van der Waals surface area contributed by atoms with Crippen LogP contribution in [0.1, 0.15) is 19.8 Å². The van der Waals surface area contributed by atoms with Gasteiger partial charge in [-0.2, -0.15) is 0 Å². The standard InChI is InChI=1S/C16H22N2O4/c1-12(22-14-7-5-13(21-2)6-8-14)16(20)17-11-15(19)18-9-3-4-10-18/h5-8,12H,3-4,9-11H2,1-2H3,(H,17,20). The Morgan fingerprint density at radius 2 is 1.77 bits per heavy atom. The van der Waals surface area contributed by atoms with Gasteiger partial charge in [0.25, 0.3) is 5.91 Å². The van der Waals surface area contributed by atoms with Crippen molar-refractivity contribution in [3.8, 4) is 11.5 Å². The molecular weight excluding hydrogens is 284 g/mol. The molecule has 120 valence electrons. The number of likely N-dealkylation sites (tertiary alicyclic amines) is 1. The van der Waals surface area contributed by atoms with Crippen LogP contribution in [0, 0.1) is 0 Å². The SMILES string of the molecule is COc1ccc(OC(C)C(=O)NCC(=O)N2CCCC2)cc1. The maximum Gasteiger partial charge on any atom is 0.261 e. The van der Waals surface area contributed by atoms with Crippen LogP contribution in [-0.2, 0) is 9.59 Å². The van der Waals surface area contributed by atoms with Crippen molar-refractivity contribution in [2.24, 2.45) is 0 Å². The highest BCUT2D eigenvalue weighted by Gasteiger charge is 2.20. The van der Waals surface area contributed by atoms with E-state index in [0.717, 1.165) is 31.7 Å². The average molecular weight is 306 g/mol. The number of rotatable bonds is 6. The molecule has 1 saturated heterocycles. The minimum atomic E-state index is -0.667. The van der Waals surface area contributed by atoms with Crippen LogP contribution in [0.25, 0.3) is 0 Å². The fourth-order valence-electron chi connectivity index (χ4n) is 2.30. The lowest BCUT2D eigenvalue weighted by molar-refractivity contribution is -0.134. The van der Waals surface area contributed by atoms with Crippen LogP contribution in [-0.4, -0.2) is 49.6 Å². The second-order valence-corrected chi connectivity index (χ2v) is 5.24. The molecule has 0 saturated carbocycles. The van der Waals surface area contributed by atoms with Crippen LogP contribution >= 0.6 is 0 Å². The summed E-state index contributed by atoms with van der Waals surface area (Å²) in [6, 6.07) is 6.99. The van der Waals surface area contributed by atoms with Gasteiger partial charge < -0.3 is 19.7 Å². The van der Waals surface area contributed by atoms with Crippen molar-refractivity contribution in [1.82, 2.24) is 10.2 Å². The Morgan fingerprint density at radius 1 is 1.18 bits per heavy atom. The minimum absolute atomic E-state index is 0.0230. The summed E-state index contributed by atoms with van der Waals surface area (Å²) in [6.45, 7) is 3.24. The third kappa shape index (κ3) is 4.38. The molecule has 22 heavy (non-hydrogen) atoms. The van der Waals surface area contributed by atoms with E-state index in [1.165, 1.54) is 0 Å². The number of nitrogens with one attached hydrogen (secondary N) is 1. The van der Waals surface area contributed by atoms with Gasteiger partial charge in [-0.1, -0.05) is 0 Å². The molecule has 1 aliphatic rings. The number of carbonyl (C=O) groups is 2. The second kappa shape index (κ2) is 7.68. The van der Waals surface area contributed by atoms with Gasteiger partial charge in [-0.25, -0.2) is 0 Å². The maximum atomic E-state index is 12.0. The van der Waals surface area contributed by atoms with Crippen molar-refractivity contribution in [2.75, 3.05) is 26.7 Å². The van der Waals surface area contributed by atoms with E-state index in [-0.39, 0.29) is 18.4 Å². The molecule has 1 N–H and O–H groups in total. The predicted molar refractivity (Wildman–Crippen MR) is 81.9 cm³/mol. The van der Waals surface area contributed by atoms with Crippen molar-refractivity contribution < 1.29 is 19.1 Å². The molecule has 0 spiro atoms. The molecule has 1 atom stereocenters. The Kier molecular flexibility index (Phi) is 5.63. The molecule has 0 aromatic heterocycles. The van der Waals surface area contributed by atoms with Gasteiger partial charge in [0, 0.05) is 13.1 Å². The van der Waals surface area contributed by atoms with Crippen LogP contribution in [0.15, 0.2) is 24.3 Å². The molecule has 1 heterocycles. The fourth-order valence-corrected chi connectivity index (χ4v) is 2.30. The number of hydrogen-bond donors (Lipinski definition) is 1. The normalized spacial score (nSPS) is 15.3. The van der Waals surface area contributed by atoms with Gasteiger partial charge in [0.05, 0.1) is 13.7 Å². The Balaban J connectivity index is 1.77. The van der Waals surface area contributed by atoms with Crippen LogP contribution < -0.4 is 14.8 Å². The summed E-state index contributed by atoms with van der Waals surface area (Å²) in [5, 5.41) is 2.62. The molecular formula is C16H22N2O4. The number of carbonyl (C=O) groups excluding carboxylic acids is 2. The first kappa shape index (κ1) is 16.1. The van der Waals surface area contributed by atoms with E-state index in [2.05, 4.69) is 5.32 Å². The number of hydrogen-bond acceptors (Lipinski definition) is 4. The zero-order valence-corrected chi connectivity index (χ0v) is 13.0. The third-order valence-corrected chi connectivity index (χ3v) is 3.61. The Bertz CT molecular complexity index is 509. The van der Waals surface area contributed by atoms with Crippen molar-refractivity contribution in [3.05, 3.63) is 24.3 Å². The zero-order valence-electron chi connectivity index (χ0n) is 13.0. The van der Waals surface area contributed by atoms with Gasteiger partial charge in [-0.05, 0) is 44.0 Å². The van der Waals surface area contributed by atoms with Gasteiger partial charge in [-0.15, -0.1) is 0 Å². The molecule has 6 heteroatoms. The van der Waals surface area contributed by atoms with E-state index < -0.39 is 6.10 Å². The summed E-state index contributed by atoms with van der Waals surface area (Å²) in [5.41, 5.74) is 0. The Labute approximate surface area is 130 Å². The lowest BCUT2D eigenvalue weighted by Crippen LogP contribution is -2.43. The number of amides is 2. The molecule has 2 rings (SSSR count). The minimum Gasteiger partial charge on any atom is -0.497 e. The van der Waals surface area contributed by atoms with Crippen LogP contribution in [0.4, 0.5) is 0 Å². The third-order valence-electron chi connectivity index (χ3n) is 3.61. The highest BCUT2D eigenvalue weighted by molar-refractivity contribution is 5.87. The largest absolute Gasteiger partial charge is 0.497 e. The zero-order chi connectivity index (χ0) is 15.9. The molecule has 1 unspecified atom stereocenters. The highest BCUT2D eigenvalue weighted by Crippen LogP contribution is 2.18. The van der Waals surface area contributed by atoms with Crippen LogP contribution in [0.3, 0.4) is 0 Å². The van der Waals surface area contributed by atoms with E-state index in [0.29, 0.717) is 5.75 Å². The molecule has 0 aliphatic carbocycles. The maximum absolute atomic E-state index is 12.0. The first-order chi connectivity index (χ1) is 10.6. The molecule has 6 nitrogen and oxygen atoms in total. The average Bonchev–Trinajstić information content (AvgIpc) is 3.07. The number of benzene rings is 1. The quantitative estimate of drug-likeness (QED) is 0.857. The molecule has 1 aliphatic heterocycles. The van der Waals surface area contributed by atoms with E-state index in [1.807, 2.05) is 0 Å². The van der Waals surface area contributed by atoms with E-state index >= 15 is 0 Å².